The molecular weight excluding hydrogens is 913 g/mol. The van der Waals surface area contributed by atoms with Crippen LogP contribution >= 0.6 is 0 Å². The van der Waals surface area contributed by atoms with Crippen molar-refractivity contribution >= 4 is 67.6 Å². The van der Waals surface area contributed by atoms with Gasteiger partial charge in [0.05, 0.1) is 0 Å². The number of nitrogens with two attached hydrogens (primary N) is 6. The van der Waals surface area contributed by atoms with Gasteiger partial charge in [0.1, 0.15) is 22.6 Å². The minimum Gasteiger partial charge on any atom is -0.507 e. The lowest BCUT2D eigenvalue weighted by Crippen LogP contribution is -2.35. The zero-order valence-electron chi connectivity index (χ0n) is 39.3. The molecule has 0 aliphatic carbocycles. The zero-order valence-corrected chi connectivity index (χ0v) is 39.3. The van der Waals surface area contributed by atoms with Crippen LogP contribution in [0.2, 0.25) is 0 Å². The minimum atomic E-state index is -1.62. The molecule has 0 atom stereocenters. The van der Waals surface area contributed by atoms with E-state index in [2.05, 4.69) is 0 Å². The highest BCUT2D eigenvalue weighted by Gasteiger charge is 2.43. The van der Waals surface area contributed by atoms with Gasteiger partial charge in [-0.2, -0.15) is 0 Å². The van der Waals surface area contributed by atoms with Crippen molar-refractivity contribution in [2.75, 3.05) is 34.4 Å². The maximum absolute atomic E-state index is 15.2. The Labute approximate surface area is 420 Å². The molecule has 0 bridgehead atoms. The topological polar surface area (TPSA) is 249 Å². The van der Waals surface area contributed by atoms with Crippen LogP contribution in [0.15, 0.2) is 206 Å². The Kier molecular flexibility index (Phi) is 12.0. The first-order chi connectivity index (χ1) is 35.2. The molecule has 360 valence electrons. The van der Waals surface area contributed by atoms with E-state index in [0.29, 0.717) is 89.0 Å². The number of benzene rings is 10. The van der Waals surface area contributed by atoms with Crippen molar-refractivity contribution in [2.45, 2.75) is 17.6 Å². The Morgan fingerprint density at radius 3 is 0.836 bits per heavy atom. The monoisotopic (exact) mass is 962 g/mol. The molecule has 10 rings (SSSR count). The Balaban J connectivity index is 1.12. The van der Waals surface area contributed by atoms with Crippen molar-refractivity contribution in [2.24, 2.45) is 0 Å². The van der Waals surface area contributed by atoms with Crippen molar-refractivity contribution in [3.05, 3.63) is 262 Å². The molecule has 14 N–H and O–H groups in total. The van der Waals surface area contributed by atoms with Crippen LogP contribution in [-0.4, -0.2) is 22.2 Å². The van der Waals surface area contributed by atoms with Gasteiger partial charge in [0.15, 0.2) is 11.2 Å². The number of anilines is 6. The van der Waals surface area contributed by atoms with Crippen LogP contribution in [0, 0.1) is 0 Å². The number of carbonyl (C=O) groups is 2. The number of carbonyl (C=O) groups excluding carboxylic acids is 2. The van der Waals surface area contributed by atoms with Gasteiger partial charge in [0, 0.05) is 85.1 Å². The number of ether oxygens (including phenoxy) is 2. The average Bonchev–Trinajstić information content (AvgIpc) is 3.40. The number of esters is 2. The second-order valence-electron chi connectivity index (χ2n) is 18.0. The Hall–Kier alpha value is -9.94. The standard InChI is InChI=1S/C61H50N6O6/c62-44-21-9-38(10-22-44)60(39-11-23-45(63)24-12-39,40-13-25-46(64)26-14-40)72-58(70)54-33-36-5-1-3-7-50(36)52(56(54)68)35-53-51-8-4-2-6-37(51)34-55(57(53)69)59(71)73-61(41-15-27-47(65)28-16-41,42-17-29-48(66)30-18-42)43-19-31-49(67)32-20-43/h1-34,68-69H,35,62-67H2. The van der Waals surface area contributed by atoms with Crippen LogP contribution in [0.1, 0.15) is 65.2 Å². The molecule has 10 aromatic rings. The van der Waals surface area contributed by atoms with Gasteiger partial charge in [-0.3, -0.25) is 0 Å². The van der Waals surface area contributed by atoms with E-state index in [9.17, 15) is 10.2 Å². The Morgan fingerprint density at radius 2 is 0.589 bits per heavy atom. The first-order valence-corrected chi connectivity index (χ1v) is 23.3. The van der Waals surface area contributed by atoms with Crippen LogP contribution in [0.4, 0.5) is 34.1 Å². The van der Waals surface area contributed by atoms with Crippen molar-refractivity contribution in [1.29, 1.82) is 0 Å². The van der Waals surface area contributed by atoms with Gasteiger partial charge in [-0.1, -0.05) is 121 Å². The smallest absolute Gasteiger partial charge is 0.343 e. The summed E-state index contributed by atoms with van der Waals surface area (Å²) in [5.74, 6) is -2.53. The fraction of sp³-hybridized carbons (Fsp3) is 0.0492. The van der Waals surface area contributed by atoms with Crippen LogP contribution in [-0.2, 0) is 27.1 Å². The van der Waals surface area contributed by atoms with Crippen LogP contribution in [0.5, 0.6) is 11.5 Å². The molecule has 73 heavy (non-hydrogen) atoms. The summed E-state index contributed by atoms with van der Waals surface area (Å²) in [6, 6.07) is 59.6. The summed E-state index contributed by atoms with van der Waals surface area (Å²) in [4.78, 5) is 30.4. The van der Waals surface area contributed by atoms with Gasteiger partial charge in [0.2, 0.25) is 0 Å². The van der Waals surface area contributed by atoms with E-state index in [1.165, 1.54) is 0 Å². The normalized spacial score (nSPS) is 11.6. The van der Waals surface area contributed by atoms with E-state index in [4.69, 9.17) is 43.9 Å². The maximum atomic E-state index is 15.2. The van der Waals surface area contributed by atoms with Crippen LogP contribution in [0.25, 0.3) is 21.5 Å². The van der Waals surface area contributed by atoms with E-state index in [1.807, 2.05) is 48.5 Å². The summed E-state index contributed by atoms with van der Waals surface area (Å²) < 4.78 is 13.6. The van der Waals surface area contributed by atoms with Crippen LogP contribution < -0.4 is 34.4 Å². The fourth-order valence-electron chi connectivity index (χ4n) is 9.72. The summed E-state index contributed by atoms with van der Waals surface area (Å²) in [6.45, 7) is 0. The molecule has 0 saturated heterocycles. The minimum absolute atomic E-state index is 0.154. The Bertz CT molecular complexity index is 3230. The number of hydrogen-bond acceptors (Lipinski definition) is 12. The van der Waals surface area contributed by atoms with Crippen molar-refractivity contribution in [3.63, 3.8) is 0 Å². The largest absolute Gasteiger partial charge is 0.507 e. The van der Waals surface area contributed by atoms with Gasteiger partial charge in [-0.25, -0.2) is 9.59 Å². The number of rotatable bonds is 12. The van der Waals surface area contributed by atoms with E-state index in [0.717, 1.165) is 0 Å². The molecule has 0 unspecified atom stereocenters. The number of aromatic hydroxyl groups is 2. The summed E-state index contributed by atoms with van der Waals surface area (Å²) in [6.07, 6.45) is -0.154. The van der Waals surface area contributed by atoms with Gasteiger partial charge < -0.3 is 54.1 Å². The quantitative estimate of drug-likeness (QED) is 0.0324. The third-order valence-electron chi connectivity index (χ3n) is 13.4. The molecule has 0 fully saturated rings. The van der Waals surface area contributed by atoms with Gasteiger partial charge in [-0.15, -0.1) is 0 Å². The molecule has 10 aromatic carbocycles. The Morgan fingerprint density at radius 1 is 0.356 bits per heavy atom. The summed E-state index contributed by atoms with van der Waals surface area (Å²) >= 11 is 0. The molecular formula is C61H50N6O6. The summed E-state index contributed by atoms with van der Waals surface area (Å²) in [7, 11) is 0. The number of fused-ring (bicyclic) bond motifs is 2. The third kappa shape index (κ3) is 8.52. The molecule has 0 radical (unpaired) electrons. The first-order valence-electron chi connectivity index (χ1n) is 23.3. The van der Waals surface area contributed by atoms with E-state index in [-0.39, 0.29) is 28.7 Å². The lowest BCUT2D eigenvalue weighted by atomic mass is 9.79. The molecule has 0 aliphatic rings. The highest BCUT2D eigenvalue weighted by Crippen LogP contribution is 2.47. The SMILES string of the molecule is Nc1ccc(C(OC(=O)c2cc3ccccc3c(Cc3c(O)c(C(=O)OC(c4ccc(N)cc4)(c4ccc(N)cc4)c4ccc(N)cc4)cc4ccccc34)c2O)(c2ccc(N)cc2)c2ccc(N)cc2)cc1. The lowest BCUT2D eigenvalue weighted by molar-refractivity contribution is 0.0130. The second kappa shape index (κ2) is 18.8. The van der Waals surface area contributed by atoms with Crippen molar-refractivity contribution in [3.8, 4) is 11.5 Å². The predicted octanol–water partition coefficient (Wildman–Crippen LogP) is 10.8. The highest BCUT2D eigenvalue weighted by molar-refractivity contribution is 6.03. The molecule has 0 aromatic heterocycles. The molecule has 0 heterocycles. The summed E-state index contributed by atoms with van der Waals surface area (Å²) in [5.41, 5.74) is 40.4. The summed E-state index contributed by atoms with van der Waals surface area (Å²) in [5, 5.41) is 27.6. The molecule has 0 saturated carbocycles. The predicted molar refractivity (Wildman–Crippen MR) is 290 cm³/mol. The number of phenolic OH excluding ortho intramolecular Hbond substituents is 2. The van der Waals surface area contributed by atoms with Gasteiger partial charge >= 0.3 is 11.9 Å². The molecule has 12 nitrogen and oxygen atoms in total. The molecule has 12 heteroatoms. The second-order valence-corrected chi connectivity index (χ2v) is 18.0. The first kappa shape index (κ1) is 46.8. The van der Waals surface area contributed by atoms with E-state index >= 15 is 9.59 Å². The molecule has 0 spiro atoms. The van der Waals surface area contributed by atoms with Crippen molar-refractivity contribution in [1.82, 2.24) is 0 Å². The number of hydrogen-bond donors (Lipinski definition) is 8. The van der Waals surface area contributed by atoms with Gasteiger partial charge in [0.25, 0.3) is 0 Å². The fourth-order valence-corrected chi connectivity index (χ4v) is 9.72. The zero-order chi connectivity index (χ0) is 51.0. The maximum Gasteiger partial charge on any atom is 0.343 e. The van der Waals surface area contributed by atoms with Crippen molar-refractivity contribution < 1.29 is 29.3 Å². The highest BCUT2D eigenvalue weighted by atomic mass is 16.6. The van der Waals surface area contributed by atoms with E-state index < -0.39 is 34.6 Å². The third-order valence-corrected chi connectivity index (χ3v) is 13.4. The molecule has 0 amide bonds. The van der Waals surface area contributed by atoms with Gasteiger partial charge in [-0.05, 0) is 106 Å². The number of nitrogen functional groups attached to an aromatic ring is 6. The number of phenols is 2. The lowest BCUT2D eigenvalue weighted by Gasteiger charge is -2.36. The average molecular weight is 963 g/mol. The molecule has 0 aliphatic heterocycles. The van der Waals surface area contributed by atoms with Crippen LogP contribution in [0.3, 0.4) is 0 Å². The van der Waals surface area contributed by atoms with E-state index in [1.54, 1.807) is 158 Å².